The highest BCUT2D eigenvalue weighted by molar-refractivity contribution is 5.94. The summed E-state index contributed by atoms with van der Waals surface area (Å²) in [5.41, 5.74) is 1.53. The van der Waals surface area contributed by atoms with Crippen LogP contribution >= 0.6 is 0 Å². The Bertz CT molecular complexity index is 892. The molecule has 4 rings (SSSR count). The molecule has 2 heterocycles. The van der Waals surface area contributed by atoms with Crippen LogP contribution < -0.4 is 10.1 Å². The Morgan fingerprint density at radius 2 is 2.00 bits per heavy atom. The van der Waals surface area contributed by atoms with Crippen molar-refractivity contribution in [2.24, 2.45) is 0 Å². The number of nitrogens with one attached hydrogen (secondary N) is 1. The number of carbonyl (C=O) groups excluding carboxylic acids is 1. The van der Waals surface area contributed by atoms with Gasteiger partial charge in [-0.3, -0.25) is 4.79 Å². The third-order valence-electron chi connectivity index (χ3n) is 3.90. The van der Waals surface area contributed by atoms with Gasteiger partial charge >= 0.3 is 0 Å². The molecule has 0 saturated carbocycles. The highest BCUT2D eigenvalue weighted by Crippen LogP contribution is 2.31. The second-order valence-electron chi connectivity index (χ2n) is 5.49. The van der Waals surface area contributed by atoms with Crippen molar-refractivity contribution in [3.63, 3.8) is 0 Å². The van der Waals surface area contributed by atoms with Crippen LogP contribution in [0.2, 0.25) is 0 Å². The largest absolute Gasteiger partial charge is 0.477 e. The summed E-state index contributed by atoms with van der Waals surface area (Å²) in [6.07, 6.45) is 1.20. The summed E-state index contributed by atoms with van der Waals surface area (Å²) in [5, 5.41) is 7.02. The van der Waals surface area contributed by atoms with Gasteiger partial charge in [0.1, 0.15) is 5.82 Å². The van der Waals surface area contributed by atoms with Gasteiger partial charge in [-0.2, -0.15) is 5.10 Å². The number of ether oxygens (including phenoxy) is 1. The van der Waals surface area contributed by atoms with E-state index < -0.39 is 11.9 Å². The van der Waals surface area contributed by atoms with E-state index in [1.807, 2.05) is 30.3 Å². The number of hydrogen-bond donors (Lipinski definition) is 1. The Balaban J connectivity index is 1.53. The lowest BCUT2D eigenvalue weighted by Crippen LogP contribution is -2.32. The first kappa shape index (κ1) is 14.4. The van der Waals surface area contributed by atoms with E-state index in [0.29, 0.717) is 17.8 Å². The molecule has 0 fully saturated rings. The molecule has 1 aromatic heterocycles. The third-order valence-corrected chi connectivity index (χ3v) is 3.90. The molecule has 1 N–H and O–H groups in total. The summed E-state index contributed by atoms with van der Waals surface area (Å²) in [6, 6.07) is 15.9. The van der Waals surface area contributed by atoms with Gasteiger partial charge in [0, 0.05) is 18.1 Å². The fourth-order valence-electron chi connectivity index (χ4n) is 2.76. The minimum absolute atomic E-state index is 0.161. The van der Waals surface area contributed by atoms with Crippen molar-refractivity contribution in [1.82, 2.24) is 9.78 Å². The highest BCUT2D eigenvalue weighted by Gasteiger charge is 2.31. The number of nitrogens with zero attached hydrogens (tertiary/aromatic N) is 2. The predicted octanol–water partition coefficient (Wildman–Crippen LogP) is 2.95. The Morgan fingerprint density at radius 1 is 1.17 bits per heavy atom. The molecule has 0 unspecified atom stereocenters. The van der Waals surface area contributed by atoms with E-state index >= 15 is 0 Å². The molecule has 1 aliphatic heterocycles. The van der Waals surface area contributed by atoms with E-state index in [2.05, 4.69) is 10.4 Å². The Morgan fingerprint density at radius 3 is 2.79 bits per heavy atom. The number of anilines is 1. The van der Waals surface area contributed by atoms with Gasteiger partial charge in [-0.15, -0.1) is 0 Å². The Labute approximate surface area is 137 Å². The smallest absolute Gasteiger partial charge is 0.266 e. The zero-order valence-electron chi connectivity index (χ0n) is 12.6. The maximum absolute atomic E-state index is 13.7. The number of aromatic nitrogens is 2. The maximum Gasteiger partial charge on any atom is 0.266 e. The van der Waals surface area contributed by atoms with Crippen molar-refractivity contribution < 1.29 is 13.9 Å². The van der Waals surface area contributed by atoms with Crippen molar-refractivity contribution in [3.05, 3.63) is 72.2 Å². The molecule has 2 aromatic carbocycles. The van der Waals surface area contributed by atoms with Gasteiger partial charge in [0.2, 0.25) is 0 Å². The number of halogens is 1. The first-order chi connectivity index (χ1) is 11.7. The number of amides is 1. The summed E-state index contributed by atoms with van der Waals surface area (Å²) < 4.78 is 20.8. The van der Waals surface area contributed by atoms with E-state index in [1.165, 1.54) is 6.07 Å². The molecular weight excluding hydrogens is 309 g/mol. The lowest BCUT2D eigenvalue weighted by molar-refractivity contribution is -0.122. The van der Waals surface area contributed by atoms with Gasteiger partial charge in [0.05, 0.1) is 11.9 Å². The number of fused-ring (bicyclic) bond motifs is 1. The first-order valence-electron chi connectivity index (χ1n) is 7.57. The van der Waals surface area contributed by atoms with Gasteiger partial charge in [-0.1, -0.05) is 30.3 Å². The average molecular weight is 323 g/mol. The average Bonchev–Trinajstić information content (AvgIpc) is 3.23. The van der Waals surface area contributed by atoms with E-state index in [9.17, 15) is 9.18 Å². The van der Waals surface area contributed by atoms with E-state index in [4.69, 9.17) is 4.74 Å². The maximum atomic E-state index is 13.7. The fourth-order valence-corrected chi connectivity index (χ4v) is 2.76. The molecule has 1 atom stereocenters. The predicted molar refractivity (Wildman–Crippen MR) is 86.7 cm³/mol. The van der Waals surface area contributed by atoms with Crippen molar-refractivity contribution >= 4 is 11.7 Å². The molecular formula is C18H14FN3O2. The van der Waals surface area contributed by atoms with Crippen molar-refractivity contribution in [3.8, 4) is 11.4 Å². The SMILES string of the molecule is O=C(Nc1ccnn1-c1ccccc1)[C@H]1Cc2cccc(F)c2O1. The summed E-state index contributed by atoms with van der Waals surface area (Å²) in [4.78, 5) is 12.5. The minimum atomic E-state index is -0.754. The summed E-state index contributed by atoms with van der Waals surface area (Å²) >= 11 is 0. The molecule has 24 heavy (non-hydrogen) atoms. The van der Waals surface area contributed by atoms with Crippen LogP contribution in [0, 0.1) is 5.82 Å². The number of hydrogen-bond acceptors (Lipinski definition) is 3. The Hall–Kier alpha value is -3.15. The molecule has 0 bridgehead atoms. The monoisotopic (exact) mass is 323 g/mol. The molecule has 0 saturated heterocycles. The minimum Gasteiger partial charge on any atom is -0.477 e. The quantitative estimate of drug-likeness (QED) is 0.806. The second-order valence-corrected chi connectivity index (χ2v) is 5.49. The van der Waals surface area contributed by atoms with Gasteiger partial charge in [0.25, 0.3) is 5.91 Å². The molecule has 1 amide bonds. The van der Waals surface area contributed by atoms with Crippen LogP contribution in [-0.2, 0) is 11.2 Å². The van der Waals surface area contributed by atoms with Gasteiger partial charge in [-0.05, 0) is 18.2 Å². The molecule has 1 aliphatic rings. The lowest BCUT2D eigenvalue weighted by Gasteiger charge is -2.13. The van der Waals surface area contributed by atoms with Crippen molar-refractivity contribution in [1.29, 1.82) is 0 Å². The van der Waals surface area contributed by atoms with Crippen LogP contribution in [0.5, 0.6) is 5.75 Å². The molecule has 0 spiro atoms. The topological polar surface area (TPSA) is 56.2 Å². The summed E-state index contributed by atoms with van der Waals surface area (Å²) in [7, 11) is 0. The third kappa shape index (κ3) is 2.52. The zero-order chi connectivity index (χ0) is 16.5. The zero-order valence-corrected chi connectivity index (χ0v) is 12.6. The summed E-state index contributed by atoms with van der Waals surface area (Å²) in [6.45, 7) is 0. The lowest BCUT2D eigenvalue weighted by atomic mass is 10.1. The number of para-hydroxylation sites is 2. The number of benzene rings is 2. The molecule has 3 aromatic rings. The first-order valence-corrected chi connectivity index (χ1v) is 7.57. The second kappa shape index (κ2) is 5.81. The van der Waals surface area contributed by atoms with Crippen molar-refractivity contribution in [2.45, 2.75) is 12.5 Å². The van der Waals surface area contributed by atoms with E-state index in [-0.39, 0.29) is 11.7 Å². The van der Waals surface area contributed by atoms with Gasteiger partial charge in [0.15, 0.2) is 17.7 Å². The van der Waals surface area contributed by atoms with Crippen LogP contribution in [0.3, 0.4) is 0 Å². The normalized spacial score (nSPS) is 15.6. The highest BCUT2D eigenvalue weighted by atomic mass is 19.1. The standard InChI is InChI=1S/C18H14FN3O2/c19-14-8-4-5-12-11-15(24-17(12)14)18(23)21-16-9-10-20-22(16)13-6-2-1-3-7-13/h1-10,15H,11H2,(H,21,23)/t15-/m1/s1. The van der Waals surface area contributed by atoms with Gasteiger partial charge < -0.3 is 10.1 Å². The number of rotatable bonds is 3. The summed E-state index contributed by atoms with van der Waals surface area (Å²) in [5.74, 6) is -0.0825. The van der Waals surface area contributed by atoms with Crippen LogP contribution in [-0.4, -0.2) is 21.8 Å². The fraction of sp³-hybridized carbons (Fsp3) is 0.111. The van der Waals surface area contributed by atoms with Crippen LogP contribution in [0.25, 0.3) is 5.69 Å². The van der Waals surface area contributed by atoms with Crippen LogP contribution in [0.15, 0.2) is 60.8 Å². The van der Waals surface area contributed by atoms with Crippen LogP contribution in [0.4, 0.5) is 10.2 Å². The van der Waals surface area contributed by atoms with Gasteiger partial charge in [-0.25, -0.2) is 9.07 Å². The molecule has 5 nitrogen and oxygen atoms in total. The van der Waals surface area contributed by atoms with Crippen molar-refractivity contribution in [2.75, 3.05) is 5.32 Å². The van der Waals surface area contributed by atoms with Crippen LogP contribution in [0.1, 0.15) is 5.56 Å². The number of carbonyl (C=O) groups is 1. The van der Waals surface area contributed by atoms with E-state index in [0.717, 1.165) is 5.69 Å². The Kier molecular flexibility index (Phi) is 3.49. The molecule has 6 heteroatoms. The van der Waals surface area contributed by atoms with E-state index in [1.54, 1.807) is 29.1 Å². The molecule has 0 aliphatic carbocycles. The molecule has 120 valence electrons. The molecule has 0 radical (unpaired) electrons.